The number of thiophene rings is 1. The summed E-state index contributed by atoms with van der Waals surface area (Å²) in [4.78, 5) is 13.9. The lowest BCUT2D eigenvalue weighted by Gasteiger charge is -2.09. The molecule has 0 aliphatic carbocycles. The molecular weight excluding hydrogens is 297 g/mol. The Labute approximate surface area is 124 Å². The summed E-state index contributed by atoms with van der Waals surface area (Å²) in [7, 11) is 0. The molecule has 0 amide bonds. The van der Waals surface area contributed by atoms with Crippen LogP contribution in [0.3, 0.4) is 0 Å². The summed E-state index contributed by atoms with van der Waals surface area (Å²) >= 11 is 1.49. The monoisotopic (exact) mass is 310 g/mol. The number of ketones is 1. The van der Waals surface area contributed by atoms with Crippen molar-refractivity contribution in [3.05, 3.63) is 62.9 Å². The number of carbonyl (C=O) groups excluding carboxylic acids is 1. The lowest BCUT2D eigenvalue weighted by atomic mass is 10.0. The van der Waals surface area contributed by atoms with E-state index in [0.717, 1.165) is 15.8 Å². The van der Waals surface area contributed by atoms with Gasteiger partial charge in [0, 0.05) is 15.3 Å². The van der Waals surface area contributed by atoms with Gasteiger partial charge in [0.15, 0.2) is 5.78 Å². The first-order chi connectivity index (χ1) is 9.79. The lowest BCUT2D eigenvalue weighted by Crippen LogP contribution is -2.07. The van der Waals surface area contributed by atoms with E-state index in [1.807, 2.05) is 13.8 Å². The predicted octanol–water partition coefficient (Wildman–Crippen LogP) is 5.28. The zero-order valence-corrected chi connectivity index (χ0v) is 12.3. The van der Waals surface area contributed by atoms with Crippen LogP contribution in [0, 0.1) is 13.8 Å². The van der Waals surface area contributed by atoms with Gasteiger partial charge >= 0.3 is 6.18 Å². The summed E-state index contributed by atoms with van der Waals surface area (Å²) in [5, 5.41) is 0. The van der Waals surface area contributed by atoms with Gasteiger partial charge in [-0.25, -0.2) is 0 Å². The summed E-state index contributed by atoms with van der Waals surface area (Å²) in [6, 6.07) is 6.94. The molecule has 0 atom stereocenters. The van der Waals surface area contributed by atoms with Crippen LogP contribution in [-0.2, 0) is 6.18 Å². The molecule has 2 aromatic rings. The third kappa shape index (κ3) is 3.61. The van der Waals surface area contributed by atoms with Gasteiger partial charge in [-0.15, -0.1) is 11.3 Å². The number of benzene rings is 1. The van der Waals surface area contributed by atoms with E-state index in [9.17, 15) is 18.0 Å². The van der Waals surface area contributed by atoms with Gasteiger partial charge in [-0.3, -0.25) is 4.79 Å². The second-order valence-electron chi connectivity index (χ2n) is 4.61. The fraction of sp³-hybridized carbons (Fsp3) is 0.188. The molecule has 0 spiro atoms. The summed E-state index contributed by atoms with van der Waals surface area (Å²) in [5.41, 5.74) is -0.214. The molecular formula is C16H13F3OS. The van der Waals surface area contributed by atoms with E-state index in [1.54, 1.807) is 6.07 Å². The minimum absolute atomic E-state index is 0.0112. The van der Waals surface area contributed by atoms with E-state index < -0.39 is 11.7 Å². The standard InChI is InChI=1S/C16H13F3OS/c1-10-9-13(11(2)21-10)15(20)8-7-12-5-3-4-6-14(12)16(17,18)19/h3-9H,1-2H3/b8-7+. The Kier molecular flexibility index (Phi) is 4.32. The van der Waals surface area contributed by atoms with E-state index in [2.05, 4.69) is 0 Å². The van der Waals surface area contributed by atoms with Crippen LogP contribution in [0.25, 0.3) is 6.08 Å². The Balaban J connectivity index is 2.30. The van der Waals surface area contributed by atoms with Crippen molar-refractivity contribution in [1.29, 1.82) is 0 Å². The molecule has 0 bridgehead atoms. The van der Waals surface area contributed by atoms with Crippen LogP contribution in [0.4, 0.5) is 13.2 Å². The molecule has 1 nitrogen and oxygen atoms in total. The van der Waals surface area contributed by atoms with Crippen LogP contribution in [0.15, 0.2) is 36.4 Å². The predicted molar refractivity (Wildman–Crippen MR) is 78.6 cm³/mol. The number of allylic oxidation sites excluding steroid dienone is 1. The zero-order chi connectivity index (χ0) is 15.6. The molecule has 0 N–H and O–H groups in total. The maximum absolute atomic E-state index is 12.8. The number of hydrogen-bond acceptors (Lipinski definition) is 2. The largest absolute Gasteiger partial charge is 0.416 e. The van der Waals surface area contributed by atoms with E-state index in [0.29, 0.717) is 5.56 Å². The molecule has 1 aromatic heterocycles. The summed E-state index contributed by atoms with van der Waals surface area (Å²) in [6.45, 7) is 3.71. The Morgan fingerprint density at radius 2 is 1.86 bits per heavy atom. The molecule has 0 radical (unpaired) electrons. The van der Waals surface area contributed by atoms with Crippen LogP contribution < -0.4 is 0 Å². The first-order valence-corrected chi connectivity index (χ1v) is 7.06. The van der Waals surface area contributed by atoms with Gasteiger partial charge in [0.25, 0.3) is 0 Å². The van der Waals surface area contributed by atoms with Gasteiger partial charge in [0.1, 0.15) is 0 Å². The average molecular weight is 310 g/mol. The molecule has 0 fully saturated rings. The van der Waals surface area contributed by atoms with Crippen LogP contribution >= 0.6 is 11.3 Å². The third-order valence-electron chi connectivity index (χ3n) is 2.99. The highest BCUT2D eigenvalue weighted by Gasteiger charge is 2.32. The number of rotatable bonds is 3. The van der Waals surface area contributed by atoms with Gasteiger partial charge in [-0.1, -0.05) is 24.3 Å². The number of alkyl halides is 3. The molecule has 0 saturated heterocycles. The summed E-state index contributed by atoms with van der Waals surface area (Å²) in [5.74, 6) is -0.283. The lowest BCUT2D eigenvalue weighted by molar-refractivity contribution is -0.137. The smallest absolute Gasteiger partial charge is 0.289 e. The third-order valence-corrected chi connectivity index (χ3v) is 3.95. The Morgan fingerprint density at radius 1 is 1.19 bits per heavy atom. The highest BCUT2D eigenvalue weighted by Crippen LogP contribution is 2.32. The van der Waals surface area contributed by atoms with E-state index >= 15 is 0 Å². The first-order valence-electron chi connectivity index (χ1n) is 6.24. The van der Waals surface area contributed by atoms with E-state index in [-0.39, 0.29) is 11.3 Å². The quantitative estimate of drug-likeness (QED) is 0.557. The van der Waals surface area contributed by atoms with Crippen molar-refractivity contribution in [2.45, 2.75) is 20.0 Å². The second kappa shape index (κ2) is 5.85. The Morgan fingerprint density at radius 3 is 2.43 bits per heavy atom. The zero-order valence-electron chi connectivity index (χ0n) is 11.5. The molecule has 0 aliphatic rings. The minimum Gasteiger partial charge on any atom is -0.289 e. The molecule has 21 heavy (non-hydrogen) atoms. The van der Waals surface area contributed by atoms with Gasteiger partial charge in [0.05, 0.1) is 5.56 Å². The highest BCUT2D eigenvalue weighted by atomic mass is 32.1. The molecule has 0 unspecified atom stereocenters. The molecule has 0 aliphatic heterocycles. The van der Waals surface area contributed by atoms with Crippen molar-refractivity contribution in [2.75, 3.05) is 0 Å². The Bertz CT molecular complexity index is 696. The van der Waals surface area contributed by atoms with Crippen molar-refractivity contribution in [1.82, 2.24) is 0 Å². The van der Waals surface area contributed by atoms with Crippen LogP contribution in [0.2, 0.25) is 0 Å². The molecule has 5 heteroatoms. The number of carbonyl (C=O) groups is 1. The molecule has 2 rings (SSSR count). The first kappa shape index (κ1) is 15.5. The number of hydrogen-bond donors (Lipinski definition) is 0. The van der Waals surface area contributed by atoms with E-state index in [4.69, 9.17) is 0 Å². The maximum Gasteiger partial charge on any atom is 0.416 e. The number of aryl methyl sites for hydroxylation is 2. The van der Waals surface area contributed by atoms with Crippen LogP contribution in [-0.4, -0.2) is 5.78 Å². The minimum atomic E-state index is -4.43. The van der Waals surface area contributed by atoms with Gasteiger partial charge in [0.2, 0.25) is 0 Å². The molecule has 0 saturated carbocycles. The van der Waals surface area contributed by atoms with Crippen molar-refractivity contribution in [3.63, 3.8) is 0 Å². The van der Waals surface area contributed by atoms with Crippen molar-refractivity contribution < 1.29 is 18.0 Å². The fourth-order valence-corrected chi connectivity index (χ4v) is 2.96. The molecule has 1 aromatic carbocycles. The van der Waals surface area contributed by atoms with E-state index in [1.165, 1.54) is 41.7 Å². The maximum atomic E-state index is 12.8. The summed E-state index contributed by atoms with van der Waals surface area (Å²) in [6.07, 6.45) is -2.02. The normalized spacial score (nSPS) is 12.0. The van der Waals surface area contributed by atoms with Crippen molar-refractivity contribution >= 4 is 23.2 Å². The number of halogens is 3. The van der Waals surface area contributed by atoms with Crippen molar-refractivity contribution in [3.8, 4) is 0 Å². The highest BCUT2D eigenvalue weighted by molar-refractivity contribution is 7.12. The summed E-state index contributed by atoms with van der Waals surface area (Å²) < 4.78 is 38.5. The van der Waals surface area contributed by atoms with Crippen LogP contribution in [0.5, 0.6) is 0 Å². The van der Waals surface area contributed by atoms with Gasteiger partial charge in [-0.05, 0) is 37.6 Å². The second-order valence-corrected chi connectivity index (χ2v) is 6.07. The topological polar surface area (TPSA) is 17.1 Å². The van der Waals surface area contributed by atoms with Crippen molar-refractivity contribution in [2.24, 2.45) is 0 Å². The SMILES string of the molecule is Cc1cc(C(=O)/C=C/c2ccccc2C(F)(F)F)c(C)s1. The van der Waals surface area contributed by atoms with Gasteiger partial charge < -0.3 is 0 Å². The van der Waals surface area contributed by atoms with Crippen LogP contribution in [0.1, 0.15) is 31.2 Å². The Hall–Kier alpha value is -1.88. The molecule has 1 heterocycles. The van der Waals surface area contributed by atoms with Gasteiger partial charge in [-0.2, -0.15) is 13.2 Å². The molecule has 110 valence electrons. The average Bonchev–Trinajstić information content (AvgIpc) is 2.74. The fourth-order valence-electron chi connectivity index (χ4n) is 2.03.